The fraction of sp³-hybridized carbons (Fsp3) is 0.467. The molecule has 0 bridgehead atoms. The van der Waals surface area contributed by atoms with Gasteiger partial charge in [-0.1, -0.05) is 17.3 Å². The van der Waals surface area contributed by atoms with Crippen LogP contribution in [-0.2, 0) is 10.0 Å². The van der Waals surface area contributed by atoms with Crippen molar-refractivity contribution in [1.82, 2.24) is 19.3 Å². The maximum Gasteiger partial charge on any atom is 0.243 e. The van der Waals surface area contributed by atoms with E-state index in [1.54, 1.807) is 27.4 Å². The second-order valence-electron chi connectivity index (χ2n) is 5.81. The van der Waals surface area contributed by atoms with Gasteiger partial charge in [0.2, 0.25) is 10.0 Å². The van der Waals surface area contributed by atoms with Crippen molar-refractivity contribution in [2.24, 2.45) is 0 Å². The van der Waals surface area contributed by atoms with Gasteiger partial charge >= 0.3 is 0 Å². The molecule has 3 rings (SSSR count). The number of hydrogen-bond acceptors (Lipinski definition) is 4. The van der Waals surface area contributed by atoms with Crippen molar-refractivity contribution in [3.63, 3.8) is 0 Å². The number of piperidine rings is 1. The van der Waals surface area contributed by atoms with E-state index in [1.165, 1.54) is 0 Å². The third-order valence-electron chi connectivity index (χ3n) is 4.14. The van der Waals surface area contributed by atoms with Crippen LogP contribution in [-0.4, -0.2) is 40.8 Å². The Morgan fingerprint density at radius 3 is 2.82 bits per heavy atom. The van der Waals surface area contributed by atoms with E-state index in [0.29, 0.717) is 18.0 Å². The molecule has 0 amide bonds. The molecule has 1 atom stereocenters. The van der Waals surface area contributed by atoms with Gasteiger partial charge in [0, 0.05) is 19.3 Å². The van der Waals surface area contributed by atoms with Gasteiger partial charge in [-0.2, -0.15) is 4.31 Å². The van der Waals surface area contributed by atoms with Crippen molar-refractivity contribution < 1.29 is 8.42 Å². The Balaban J connectivity index is 1.90. The summed E-state index contributed by atoms with van der Waals surface area (Å²) < 4.78 is 29.2. The highest BCUT2D eigenvalue weighted by molar-refractivity contribution is 7.89. The minimum Gasteiger partial charge on any atom is -0.248 e. The molecule has 0 aliphatic carbocycles. The summed E-state index contributed by atoms with van der Waals surface area (Å²) in [4.78, 5) is 0.409. The van der Waals surface area contributed by atoms with E-state index in [9.17, 15) is 8.42 Å². The number of aromatic nitrogens is 3. The maximum absolute atomic E-state index is 13.0. The van der Waals surface area contributed by atoms with Crippen molar-refractivity contribution in [3.8, 4) is 0 Å². The van der Waals surface area contributed by atoms with Crippen molar-refractivity contribution in [3.05, 3.63) is 41.7 Å². The molecule has 0 radical (unpaired) electrons. The van der Waals surface area contributed by atoms with Gasteiger partial charge in [0.05, 0.1) is 17.1 Å². The molecule has 6 nitrogen and oxygen atoms in total. The van der Waals surface area contributed by atoms with Crippen LogP contribution in [0.4, 0.5) is 0 Å². The summed E-state index contributed by atoms with van der Waals surface area (Å²) in [6.07, 6.45) is 5.16. The molecule has 0 saturated carbocycles. The average Bonchev–Trinajstić information content (AvgIpc) is 3.04. The molecule has 22 heavy (non-hydrogen) atoms. The number of rotatable bonds is 3. The van der Waals surface area contributed by atoms with Gasteiger partial charge in [-0.3, -0.25) is 0 Å². The molecular weight excluding hydrogens is 300 g/mol. The summed E-state index contributed by atoms with van der Waals surface area (Å²) >= 11 is 0. The van der Waals surface area contributed by atoms with Crippen LogP contribution in [0.3, 0.4) is 0 Å². The van der Waals surface area contributed by atoms with Crippen molar-refractivity contribution in [2.75, 3.05) is 13.1 Å². The molecule has 1 aromatic carbocycles. The van der Waals surface area contributed by atoms with Gasteiger partial charge in [-0.05, 0) is 43.9 Å². The zero-order chi connectivity index (χ0) is 15.7. The Morgan fingerprint density at radius 2 is 2.09 bits per heavy atom. The summed E-state index contributed by atoms with van der Waals surface area (Å²) in [5.41, 5.74) is 1.74. The summed E-state index contributed by atoms with van der Waals surface area (Å²) in [5.74, 6) is 0. The van der Waals surface area contributed by atoms with Gasteiger partial charge in [-0.25, -0.2) is 13.1 Å². The van der Waals surface area contributed by atoms with E-state index in [4.69, 9.17) is 0 Å². The lowest BCUT2D eigenvalue weighted by Crippen LogP contribution is -2.41. The van der Waals surface area contributed by atoms with Crippen LogP contribution in [0.2, 0.25) is 0 Å². The molecule has 1 unspecified atom stereocenters. The topological polar surface area (TPSA) is 68.1 Å². The zero-order valence-electron chi connectivity index (χ0n) is 12.8. The van der Waals surface area contributed by atoms with E-state index >= 15 is 0 Å². The fourth-order valence-electron chi connectivity index (χ4n) is 2.89. The monoisotopic (exact) mass is 320 g/mol. The van der Waals surface area contributed by atoms with Gasteiger partial charge in [0.15, 0.2) is 0 Å². The van der Waals surface area contributed by atoms with Crippen LogP contribution < -0.4 is 0 Å². The first-order valence-electron chi connectivity index (χ1n) is 7.41. The fourth-order valence-corrected chi connectivity index (χ4v) is 4.72. The molecule has 0 N–H and O–H groups in total. The highest BCUT2D eigenvalue weighted by Gasteiger charge is 2.32. The Labute approximate surface area is 130 Å². The number of hydrogen-bond donors (Lipinski definition) is 0. The first kappa shape index (κ1) is 15.2. The standard InChI is InChI=1S/C15H20N4O2S/c1-12-5-6-13(2)15(10-12)22(20,21)18-8-3-4-14(11-18)19-9-7-16-17-19/h5-7,9-10,14H,3-4,8,11H2,1-2H3. The molecular formula is C15H20N4O2S. The third kappa shape index (κ3) is 2.78. The van der Waals surface area contributed by atoms with Crippen molar-refractivity contribution in [2.45, 2.75) is 37.6 Å². The average molecular weight is 320 g/mol. The minimum atomic E-state index is -3.47. The van der Waals surface area contributed by atoms with E-state index in [2.05, 4.69) is 10.3 Å². The van der Waals surface area contributed by atoms with Crippen LogP contribution in [0.25, 0.3) is 0 Å². The van der Waals surface area contributed by atoms with Crippen LogP contribution >= 0.6 is 0 Å². The molecule has 1 saturated heterocycles. The van der Waals surface area contributed by atoms with Crippen LogP contribution in [0.15, 0.2) is 35.5 Å². The first-order chi connectivity index (χ1) is 10.5. The number of aryl methyl sites for hydroxylation is 2. The second kappa shape index (κ2) is 5.81. The highest BCUT2D eigenvalue weighted by Crippen LogP contribution is 2.27. The van der Waals surface area contributed by atoms with Crippen LogP contribution in [0, 0.1) is 13.8 Å². The van der Waals surface area contributed by atoms with E-state index in [-0.39, 0.29) is 6.04 Å². The molecule has 2 aromatic rings. The van der Waals surface area contributed by atoms with Gasteiger partial charge in [0.25, 0.3) is 0 Å². The number of nitrogens with zero attached hydrogens (tertiary/aromatic N) is 4. The second-order valence-corrected chi connectivity index (χ2v) is 7.72. The summed E-state index contributed by atoms with van der Waals surface area (Å²) in [5, 5.41) is 7.82. The number of benzene rings is 1. The Morgan fingerprint density at radius 1 is 1.27 bits per heavy atom. The van der Waals surface area contributed by atoms with Crippen LogP contribution in [0.1, 0.15) is 30.0 Å². The Hall–Kier alpha value is -1.73. The largest absolute Gasteiger partial charge is 0.248 e. The number of sulfonamides is 1. The molecule has 2 heterocycles. The summed E-state index contributed by atoms with van der Waals surface area (Å²) in [7, 11) is -3.47. The molecule has 1 aliphatic rings. The smallest absolute Gasteiger partial charge is 0.243 e. The highest BCUT2D eigenvalue weighted by atomic mass is 32.2. The quantitative estimate of drug-likeness (QED) is 0.866. The molecule has 1 aromatic heterocycles. The van der Waals surface area contributed by atoms with Gasteiger partial charge in [0.1, 0.15) is 0 Å². The third-order valence-corrected chi connectivity index (χ3v) is 6.14. The van der Waals surface area contributed by atoms with Crippen molar-refractivity contribution >= 4 is 10.0 Å². The SMILES string of the molecule is Cc1ccc(C)c(S(=O)(=O)N2CCCC(n3ccnn3)C2)c1. The van der Waals surface area contributed by atoms with Gasteiger partial charge in [-0.15, -0.1) is 5.10 Å². The zero-order valence-corrected chi connectivity index (χ0v) is 13.6. The van der Waals surface area contributed by atoms with Crippen LogP contribution in [0.5, 0.6) is 0 Å². The Kier molecular flexibility index (Phi) is 4.01. The first-order valence-corrected chi connectivity index (χ1v) is 8.86. The van der Waals surface area contributed by atoms with Gasteiger partial charge < -0.3 is 0 Å². The van der Waals surface area contributed by atoms with E-state index < -0.39 is 10.0 Å². The molecule has 1 aliphatic heterocycles. The maximum atomic E-state index is 13.0. The van der Waals surface area contributed by atoms with Crippen molar-refractivity contribution in [1.29, 1.82) is 0 Å². The summed E-state index contributed by atoms with van der Waals surface area (Å²) in [6.45, 7) is 4.75. The lowest BCUT2D eigenvalue weighted by Gasteiger charge is -2.32. The lowest BCUT2D eigenvalue weighted by molar-refractivity contribution is 0.251. The summed E-state index contributed by atoms with van der Waals surface area (Å²) in [6, 6.07) is 5.60. The lowest BCUT2D eigenvalue weighted by atomic mass is 10.1. The molecule has 118 valence electrons. The van der Waals surface area contributed by atoms with E-state index in [0.717, 1.165) is 24.0 Å². The normalized spacial score (nSPS) is 20.2. The predicted molar refractivity (Wildman–Crippen MR) is 83.0 cm³/mol. The molecule has 0 spiro atoms. The predicted octanol–water partition coefficient (Wildman–Crippen LogP) is 1.92. The van der Waals surface area contributed by atoms with E-state index in [1.807, 2.05) is 26.0 Å². The Bertz CT molecular complexity index is 756. The molecule has 1 fully saturated rings. The molecule has 7 heteroatoms. The minimum absolute atomic E-state index is 0.0520.